The molecule has 1 nitrogen and oxygen atoms in total. The van der Waals surface area contributed by atoms with Crippen molar-refractivity contribution in [2.24, 2.45) is 0 Å². The summed E-state index contributed by atoms with van der Waals surface area (Å²) in [5.41, 5.74) is 0. The van der Waals surface area contributed by atoms with E-state index in [0.29, 0.717) is 0 Å². The summed E-state index contributed by atoms with van der Waals surface area (Å²) < 4.78 is 4.94. The van der Waals surface area contributed by atoms with E-state index in [0.717, 1.165) is 13.2 Å². The van der Waals surface area contributed by atoms with Crippen molar-refractivity contribution in [3.63, 3.8) is 0 Å². The topological polar surface area (TPSA) is 9.23 Å². The van der Waals surface area contributed by atoms with Crippen LogP contribution in [0.5, 0.6) is 0 Å². The molecular formula is C4H9O. The summed E-state index contributed by atoms with van der Waals surface area (Å²) in [6, 6.07) is 0. The van der Waals surface area contributed by atoms with Crippen LogP contribution >= 0.6 is 0 Å². The third-order valence-corrected chi connectivity index (χ3v) is 0.827. The van der Waals surface area contributed by atoms with Crippen LogP contribution in [0.4, 0.5) is 0 Å². The number of hydrogen-bond donors (Lipinski definition) is 0. The van der Waals surface area contributed by atoms with Gasteiger partial charge in [0.2, 0.25) is 0 Å². The first-order chi connectivity index (χ1) is 2.50. The normalized spacial score (nSPS) is 24.0. The molecule has 0 spiro atoms. The van der Waals surface area contributed by atoms with Gasteiger partial charge in [-0.3, -0.25) is 0 Å². The lowest BCUT2D eigenvalue weighted by molar-refractivity contribution is 0.198. The Bertz CT molecular complexity index is 19.1. The molecule has 0 aromatic rings. The monoisotopic (exact) mass is 74.1 g/mol. The molecule has 0 N–H and O–H groups in total. The molecule has 5 heavy (non-hydrogen) atoms. The van der Waals surface area contributed by atoms with Crippen molar-refractivity contribution in [2.45, 2.75) is 12.8 Å². The van der Waals surface area contributed by atoms with Crippen molar-refractivity contribution < 1.29 is 6.16 Å². The maximum absolute atomic E-state index is 4.94. The zero-order chi connectivity index (χ0) is 3.54. The van der Waals surface area contributed by atoms with Gasteiger partial charge >= 0.3 is 0 Å². The molecule has 0 amide bonds. The quantitative estimate of drug-likeness (QED) is 0.415. The fourth-order valence-corrected chi connectivity index (χ4v) is 0.510. The highest BCUT2D eigenvalue weighted by atomic mass is 16.5. The molecule has 1 aliphatic rings. The largest absolute Gasteiger partial charge is 0.381 e. The zero-order valence-corrected chi connectivity index (χ0v) is 3.24. The Morgan fingerprint density at radius 2 is 1.80 bits per heavy atom. The van der Waals surface area contributed by atoms with Gasteiger partial charge in [-0.15, -0.1) is 0 Å². The summed E-state index contributed by atoms with van der Waals surface area (Å²) in [4.78, 5) is 0. The zero-order valence-electron chi connectivity index (χ0n) is 4.24. The van der Waals surface area contributed by atoms with Gasteiger partial charge in [0.05, 0.1) is 0 Å². The Kier molecular flexibility index (Phi) is 0.892. The van der Waals surface area contributed by atoms with Gasteiger partial charge in [-0.2, -0.15) is 0 Å². The molecule has 0 aliphatic carbocycles. The fraction of sp³-hybridized carbons (Fsp3) is 1.00. The number of rotatable bonds is 0. The Hall–Kier alpha value is -0.0400. The highest BCUT2D eigenvalue weighted by Gasteiger charge is 1.94. The molecule has 1 aliphatic heterocycles. The van der Waals surface area contributed by atoms with E-state index in [-0.39, 0.29) is 1.43 Å². The molecule has 0 atom stereocenters. The first-order valence-electron chi connectivity index (χ1n) is 2.08. The fourth-order valence-electron chi connectivity index (χ4n) is 0.510. The predicted octanol–water partition coefficient (Wildman–Crippen LogP) is 0.909. The second-order valence-electron chi connectivity index (χ2n) is 1.32. The van der Waals surface area contributed by atoms with Crippen molar-refractivity contribution in [1.29, 1.82) is 0 Å². The Balaban J connectivity index is 0.000000250. The van der Waals surface area contributed by atoms with Crippen molar-refractivity contribution in [3.8, 4) is 0 Å². The van der Waals surface area contributed by atoms with E-state index in [1.165, 1.54) is 12.8 Å². The molecule has 1 heterocycles. The summed E-state index contributed by atoms with van der Waals surface area (Å²) in [6.45, 7) is 2.00. The van der Waals surface area contributed by atoms with Gasteiger partial charge in [-0.25, -0.2) is 0 Å². The first kappa shape index (κ1) is 3.16. The molecule has 0 bridgehead atoms. The lowest BCUT2D eigenvalue weighted by Gasteiger charge is -1.76. The van der Waals surface area contributed by atoms with Crippen molar-refractivity contribution in [3.05, 3.63) is 0 Å². The molecule has 1 rings (SSSR count). The van der Waals surface area contributed by atoms with Gasteiger partial charge in [0.1, 0.15) is 0 Å². The Morgan fingerprint density at radius 1 is 1.20 bits per heavy atom. The third kappa shape index (κ3) is 0.618. The van der Waals surface area contributed by atoms with Crippen LogP contribution in [0, 0.1) is 0 Å². The van der Waals surface area contributed by atoms with Gasteiger partial charge < -0.3 is 4.74 Å². The van der Waals surface area contributed by atoms with Crippen LogP contribution in [-0.2, 0) is 4.74 Å². The summed E-state index contributed by atoms with van der Waals surface area (Å²) >= 11 is 0. The molecule has 1 radical (unpaired) electrons. The van der Waals surface area contributed by atoms with E-state index in [2.05, 4.69) is 0 Å². The minimum atomic E-state index is 0. The maximum Gasteiger partial charge on any atom is 0.0466 e. The van der Waals surface area contributed by atoms with Crippen LogP contribution in [0.25, 0.3) is 0 Å². The van der Waals surface area contributed by atoms with Crippen LogP contribution in [0.3, 0.4) is 0 Å². The average molecular weight is 74.1 g/mol. The lowest BCUT2D eigenvalue weighted by atomic mass is 10.4. The second-order valence-corrected chi connectivity index (χ2v) is 1.32. The SMILES string of the molecule is C1CCOC1.[2H]. The second kappa shape index (κ2) is 1.41. The number of hydrogen-bond acceptors (Lipinski definition) is 1. The Morgan fingerprint density at radius 3 is 2.00 bits per heavy atom. The average Bonchev–Trinajstić information content (AvgIpc) is 1.76. The Labute approximate surface area is 33.4 Å². The van der Waals surface area contributed by atoms with Crippen LogP contribution in [-0.4, -0.2) is 13.2 Å². The van der Waals surface area contributed by atoms with Crippen LogP contribution in [0.15, 0.2) is 0 Å². The summed E-state index contributed by atoms with van der Waals surface area (Å²) in [5.74, 6) is 0. The highest BCUT2D eigenvalue weighted by molar-refractivity contribution is 4.43. The molecule has 31 valence electrons. The van der Waals surface area contributed by atoms with Crippen LogP contribution < -0.4 is 0 Å². The smallest absolute Gasteiger partial charge is 0.0466 e. The molecule has 1 heteroatoms. The van der Waals surface area contributed by atoms with E-state index >= 15 is 0 Å². The van der Waals surface area contributed by atoms with Crippen molar-refractivity contribution >= 4 is 0 Å². The molecule has 0 unspecified atom stereocenters. The van der Waals surface area contributed by atoms with Crippen LogP contribution in [0.1, 0.15) is 14.3 Å². The minimum Gasteiger partial charge on any atom is -0.381 e. The minimum absolute atomic E-state index is 0. The number of ether oxygens (including phenoxy) is 1. The van der Waals surface area contributed by atoms with Crippen LogP contribution in [0.2, 0.25) is 0 Å². The molecule has 0 aromatic heterocycles. The molecule has 1 fully saturated rings. The lowest BCUT2D eigenvalue weighted by Crippen LogP contribution is -1.74. The van der Waals surface area contributed by atoms with Crippen molar-refractivity contribution in [1.82, 2.24) is 0 Å². The summed E-state index contributed by atoms with van der Waals surface area (Å²) in [6.07, 6.45) is 2.56. The van der Waals surface area contributed by atoms with Gasteiger partial charge in [-0.05, 0) is 12.8 Å². The van der Waals surface area contributed by atoms with E-state index in [4.69, 9.17) is 4.74 Å². The van der Waals surface area contributed by atoms with Gasteiger partial charge in [0.25, 0.3) is 0 Å². The summed E-state index contributed by atoms with van der Waals surface area (Å²) in [5, 5.41) is 0. The van der Waals surface area contributed by atoms with E-state index in [1.54, 1.807) is 0 Å². The van der Waals surface area contributed by atoms with E-state index in [9.17, 15) is 0 Å². The molecular weight excluding hydrogens is 64.0 g/mol. The first-order valence-corrected chi connectivity index (χ1v) is 2.08. The molecule has 0 aromatic carbocycles. The highest BCUT2D eigenvalue weighted by Crippen LogP contribution is 1.98. The van der Waals surface area contributed by atoms with E-state index in [1.807, 2.05) is 0 Å². The standard InChI is InChI=1S/C4H8O.H/c1-2-4-5-3-1;/h1-4H2;/i;1+1. The summed E-state index contributed by atoms with van der Waals surface area (Å²) in [7, 11) is 0. The maximum atomic E-state index is 4.94. The molecule has 1 saturated heterocycles. The predicted molar refractivity (Wildman–Crippen MR) is 21.2 cm³/mol. The third-order valence-electron chi connectivity index (χ3n) is 0.827. The van der Waals surface area contributed by atoms with Crippen molar-refractivity contribution in [2.75, 3.05) is 13.2 Å². The molecule has 0 saturated carbocycles. The van der Waals surface area contributed by atoms with Gasteiger partial charge in [0.15, 0.2) is 0 Å². The van der Waals surface area contributed by atoms with Gasteiger partial charge in [-0.1, -0.05) is 0 Å². The van der Waals surface area contributed by atoms with Gasteiger partial charge in [0, 0.05) is 14.6 Å². The van der Waals surface area contributed by atoms with E-state index < -0.39 is 0 Å².